The van der Waals surface area contributed by atoms with Gasteiger partial charge in [0.2, 0.25) is 5.91 Å². The van der Waals surface area contributed by atoms with Gasteiger partial charge in [-0.3, -0.25) is 4.79 Å². The van der Waals surface area contributed by atoms with Gasteiger partial charge < -0.3 is 10.4 Å². The van der Waals surface area contributed by atoms with Crippen molar-refractivity contribution >= 4 is 24.5 Å². The fourth-order valence-corrected chi connectivity index (χ4v) is 3.03. The van der Waals surface area contributed by atoms with E-state index in [4.69, 9.17) is 0 Å². The summed E-state index contributed by atoms with van der Waals surface area (Å²) in [5, 5.41) is 11.2. The predicted octanol–water partition coefficient (Wildman–Crippen LogP) is 3.81. The summed E-state index contributed by atoms with van der Waals surface area (Å²) in [6, 6.07) is 17.2. The Morgan fingerprint density at radius 2 is 1.58 bits per heavy atom. The van der Waals surface area contributed by atoms with Crippen LogP contribution < -0.4 is 5.32 Å². The SMILES string of the molecule is CC(C)C[C@H](NC(=O)C(S)Cc1ccc(-c2ccccc2)cc1)C(=O)O. The quantitative estimate of drug-likeness (QED) is 0.618. The van der Waals surface area contributed by atoms with Crippen LogP contribution in [0, 0.1) is 5.92 Å². The van der Waals surface area contributed by atoms with Gasteiger partial charge in [0.25, 0.3) is 0 Å². The molecule has 0 saturated carbocycles. The second-order valence-corrected chi connectivity index (χ2v) is 7.44. The molecule has 5 heteroatoms. The highest BCUT2D eigenvalue weighted by Crippen LogP contribution is 2.20. The maximum absolute atomic E-state index is 12.3. The van der Waals surface area contributed by atoms with E-state index in [0.29, 0.717) is 12.8 Å². The van der Waals surface area contributed by atoms with Crippen molar-refractivity contribution in [2.24, 2.45) is 5.92 Å². The number of carboxylic acid groups (broad SMARTS) is 1. The van der Waals surface area contributed by atoms with Crippen LogP contribution in [0.25, 0.3) is 11.1 Å². The third kappa shape index (κ3) is 5.92. The van der Waals surface area contributed by atoms with Crippen LogP contribution in [0.5, 0.6) is 0 Å². The van der Waals surface area contributed by atoms with E-state index >= 15 is 0 Å². The van der Waals surface area contributed by atoms with Gasteiger partial charge in [0.05, 0.1) is 5.25 Å². The van der Waals surface area contributed by atoms with Gasteiger partial charge in [-0.25, -0.2) is 4.79 Å². The summed E-state index contributed by atoms with van der Waals surface area (Å²) in [6.45, 7) is 3.85. The molecular formula is C21H25NO3S. The lowest BCUT2D eigenvalue weighted by molar-refractivity contribution is -0.142. The van der Waals surface area contributed by atoms with Gasteiger partial charge in [-0.15, -0.1) is 0 Å². The van der Waals surface area contributed by atoms with Gasteiger partial charge in [-0.1, -0.05) is 68.4 Å². The molecular weight excluding hydrogens is 346 g/mol. The number of carbonyl (C=O) groups is 2. The first-order chi connectivity index (χ1) is 12.4. The molecule has 138 valence electrons. The molecule has 1 unspecified atom stereocenters. The normalized spacial score (nSPS) is 13.2. The molecule has 2 N–H and O–H groups in total. The number of rotatable bonds is 8. The Morgan fingerprint density at radius 3 is 2.12 bits per heavy atom. The largest absolute Gasteiger partial charge is 0.480 e. The topological polar surface area (TPSA) is 66.4 Å². The number of amides is 1. The molecule has 0 aliphatic carbocycles. The van der Waals surface area contributed by atoms with E-state index in [1.165, 1.54) is 0 Å². The average molecular weight is 372 g/mol. The number of benzene rings is 2. The molecule has 0 spiro atoms. The summed E-state index contributed by atoms with van der Waals surface area (Å²) < 4.78 is 0. The van der Waals surface area contributed by atoms with Crippen LogP contribution in [0.15, 0.2) is 54.6 Å². The van der Waals surface area contributed by atoms with Crippen molar-refractivity contribution in [3.05, 3.63) is 60.2 Å². The van der Waals surface area contributed by atoms with Crippen LogP contribution in [0.3, 0.4) is 0 Å². The van der Waals surface area contributed by atoms with Crippen LogP contribution in [0.1, 0.15) is 25.8 Å². The summed E-state index contributed by atoms with van der Waals surface area (Å²) >= 11 is 4.36. The highest BCUT2D eigenvalue weighted by Gasteiger charge is 2.24. The Morgan fingerprint density at radius 1 is 1.00 bits per heavy atom. The molecule has 0 bridgehead atoms. The van der Waals surface area contributed by atoms with Crippen molar-refractivity contribution in [2.75, 3.05) is 0 Å². The van der Waals surface area contributed by atoms with Crippen molar-refractivity contribution < 1.29 is 14.7 Å². The molecule has 0 fully saturated rings. The van der Waals surface area contributed by atoms with Gasteiger partial charge in [0, 0.05) is 0 Å². The second-order valence-electron chi connectivity index (χ2n) is 6.81. The maximum Gasteiger partial charge on any atom is 0.326 e. The van der Waals surface area contributed by atoms with Crippen LogP contribution in [0.4, 0.5) is 0 Å². The summed E-state index contributed by atoms with van der Waals surface area (Å²) in [5.41, 5.74) is 3.23. The van der Waals surface area contributed by atoms with E-state index in [2.05, 4.69) is 17.9 Å². The van der Waals surface area contributed by atoms with Crippen molar-refractivity contribution in [1.82, 2.24) is 5.32 Å². The molecule has 2 atom stereocenters. The molecule has 2 aromatic carbocycles. The van der Waals surface area contributed by atoms with Gasteiger partial charge in [0.15, 0.2) is 0 Å². The Labute approximate surface area is 160 Å². The van der Waals surface area contributed by atoms with Gasteiger partial charge >= 0.3 is 5.97 Å². The molecule has 26 heavy (non-hydrogen) atoms. The molecule has 2 rings (SSSR count). The van der Waals surface area contributed by atoms with Gasteiger partial charge in [0.1, 0.15) is 6.04 Å². The second kappa shape index (κ2) is 9.43. The first kappa shape index (κ1) is 20.0. The number of aliphatic carboxylic acids is 1. The maximum atomic E-state index is 12.3. The zero-order valence-electron chi connectivity index (χ0n) is 15.1. The van der Waals surface area contributed by atoms with E-state index in [9.17, 15) is 14.7 Å². The number of nitrogens with one attached hydrogen (secondary N) is 1. The van der Waals surface area contributed by atoms with E-state index in [-0.39, 0.29) is 11.8 Å². The van der Waals surface area contributed by atoms with E-state index in [1.807, 2.05) is 68.4 Å². The zero-order valence-corrected chi connectivity index (χ0v) is 15.9. The average Bonchev–Trinajstić information content (AvgIpc) is 2.62. The molecule has 0 aliphatic rings. The number of carboxylic acids is 1. The molecule has 0 heterocycles. The number of hydrogen-bond acceptors (Lipinski definition) is 3. The fraction of sp³-hybridized carbons (Fsp3) is 0.333. The van der Waals surface area contributed by atoms with Crippen LogP contribution in [0.2, 0.25) is 0 Å². The van der Waals surface area contributed by atoms with E-state index in [1.54, 1.807) is 0 Å². The summed E-state index contributed by atoms with van der Waals surface area (Å²) in [4.78, 5) is 23.6. The predicted molar refractivity (Wildman–Crippen MR) is 107 cm³/mol. The fourth-order valence-electron chi connectivity index (χ4n) is 2.74. The smallest absolute Gasteiger partial charge is 0.326 e. The van der Waals surface area contributed by atoms with Gasteiger partial charge in [-0.2, -0.15) is 12.6 Å². The van der Waals surface area contributed by atoms with E-state index < -0.39 is 17.3 Å². The first-order valence-electron chi connectivity index (χ1n) is 8.72. The molecule has 1 amide bonds. The molecule has 4 nitrogen and oxygen atoms in total. The number of thiol groups is 1. The van der Waals surface area contributed by atoms with Crippen LogP contribution in [-0.2, 0) is 16.0 Å². The summed E-state index contributed by atoms with van der Waals surface area (Å²) in [7, 11) is 0. The molecule has 0 radical (unpaired) electrons. The Balaban J connectivity index is 1.97. The minimum Gasteiger partial charge on any atom is -0.480 e. The minimum atomic E-state index is -1.01. The molecule has 0 aromatic heterocycles. The molecule has 0 saturated heterocycles. The van der Waals surface area contributed by atoms with Crippen molar-refractivity contribution in [2.45, 2.75) is 38.0 Å². The highest BCUT2D eigenvalue weighted by atomic mass is 32.1. The Hall–Kier alpha value is -2.27. The minimum absolute atomic E-state index is 0.181. The Kier molecular flexibility index (Phi) is 7.27. The van der Waals surface area contributed by atoms with Crippen molar-refractivity contribution in [3.8, 4) is 11.1 Å². The third-order valence-electron chi connectivity index (χ3n) is 4.11. The van der Waals surface area contributed by atoms with Crippen LogP contribution >= 0.6 is 12.6 Å². The summed E-state index contributed by atoms with van der Waals surface area (Å²) in [6.07, 6.45) is 0.839. The third-order valence-corrected chi connectivity index (χ3v) is 4.53. The monoisotopic (exact) mass is 371 g/mol. The van der Waals surface area contributed by atoms with Crippen molar-refractivity contribution in [1.29, 1.82) is 0 Å². The highest BCUT2D eigenvalue weighted by molar-refractivity contribution is 7.81. The lowest BCUT2D eigenvalue weighted by Gasteiger charge is -2.19. The molecule has 0 aliphatic heterocycles. The molecule has 2 aromatic rings. The van der Waals surface area contributed by atoms with Crippen molar-refractivity contribution in [3.63, 3.8) is 0 Å². The number of carbonyl (C=O) groups excluding carboxylic acids is 1. The number of hydrogen-bond donors (Lipinski definition) is 3. The lowest BCUT2D eigenvalue weighted by atomic mass is 10.0. The Bertz CT molecular complexity index is 729. The van der Waals surface area contributed by atoms with Gasteiger partial charge in [-0.05, 0) is 35.4 Å². The van der Waals surface area contributed by atoms with E-state index in [0.717, 1.165) is 16.7 Å². The van der Waals surface area contributed by atoms with Crippen LogP contribution in [-0.4, -0.2) is 28.3 Å². The summed E-state index contributed by atoms with van der Waals surface area (Å²) in [5.74, 6) is -1.19. The standard InChI is InChI=1S/C21H25NO3S/c1-14(2)12-18(21(24)25)22-20(23)19(26)13-15-8-10-17(11-9-15)16-6-4-3-5-7-16/h3-11,14,18-19,26H,12-13H2,1-2H3,(H,22,23)(H,24,25)/t18-,19?/m0/s1. The lowest BCUT2D eigenvalue weighted by Crippen LogP contribution is -2.45. The first-order valence-corrected chi connectivity index (χ1v) is 9.24. The zero-order chi connectivity index (χ0) is 19.1.